The number of hydrogen-bond donors (Lipinski definition) is 0. The number of nitrogens with zero attached hydrogens (tertiary/aromatic N) is 2. The number of fused-ring (bicyclic) bond motifs is 1. The second-order valence-electron chi connectivity index (χ2n) is 5.04. The quantitative estimate of drug-likeness (QED) is 0.797. The molecule has 6 heteroatoms. The fourth-order valence-corrected chi connectivity index (χ4v) is 2.78. The van der Waals surface area contributed by atoms with Crippen molar-refractivity contribution in [2.75, 3.05) is 13.2 Å². The van der Waals surface area contributed by atoms with E-state index < -0.39 is 0 Å². The van der Waals surface area contributed by atoms with Crippen LogP contribution in [-0.4, -0.2) is 28.8 Å². The topological polar surface area (TPSA) is 53.4 Å². The minimum atomic E-state index is -0.129. The first-order valence-electron chi connectivity index (χ1n) is 6.76. The molecule has 2 heterocycles. The van der Waals surface area contributed by atoms with Gasteiger partial charge in [-0.2, -0.15) is 5.10 Å². The van der Waals surface area contributed by atoms with Gasteiger partial charge in [0.15, 0.2) is 11.5 Å². The number of benzene rings is 1. The van der Waals surface area contributed by atoms with Gasteiger partial charge in [-0.05, 0) is 41.9 Å². The lowest BCUT2D eigenvalue weighted by Crippen LogP contribution is -2.19. The fraction of sp³-hybridized carbons (Fsp3) is 0.333. The highest BCUT2D eigenvalue weighted by molar-refractivity contribution is 9.10. The number of hydrogen-bond acceptors (Lipinski definition) is 4. The van der Waals surface area contributed by atoms with E-state index in [4.69, 9.17) is 9.47 Å². The Morgan fingerprint density at radius 3 is 2.86 bits per heavy atom. The maximum absolute atomic E-state index is 12.9. The van der Waals surface area contributed by atoms with Gasteiger partial charge >= 0.3 is 0 Å². The summed E-state index contributed by atoms with van der Waals surface area (Å²) in [4.78, 5) is 12.9. The number of para-hydroxylation sites is 1. The molecule has 1 aliphatic heterocycles. The Balaban J connectivity index is 2.10. The lowest BCUT2D eigenvalue weighted by Gasteiger charge is -2.20. The van der Waals surface area contributed by atoms with Crippen LogP contribution in [0.2, 0.25) is 0 Å². The molecule has 0 aliphatic carbocycles. The summed E-state index contributed by atoms with van der Waals surface area (Å²) >= 11 is 3.40. The van der Waals surface area contributed by atoms with Crippen molar-refractivity contribution in [1.29, 1.82) is 0 Å². The zero-order chi connectivity index (χ0) is 15.0. The van der Waals surface area contributed by atoms with Crippen LogP contribution in [0.15, 0.2) is 28.9 Å². The fourth-order valence-electron chi connectivity index (χ4n) is 2.33. The van der Waals surface area contributed by atoms with E-state index in [0.29, 0.717) is 40.4 Å². The van der Waals surface area contributed by atoms with Crippen molar-refractivity contribution in [3.8, 4) is 11.5 Å². The number of rotatable bonds is 3. The average Bonchev–Trinajstić information content (AvgIpc) is 2.88. The Kier molecular flexibility index (Phi) is 3.71. The van der Waals surface area contributed by atoms with Gasteiger partial charge in [-0.3, -0.25) is 9.48 Å². The Morgan fingerprint density at radius 2 is 2.10 bits per heavy atom. The molecule has 0 saturated heterocycles. The normalized spacial score (nSPS) is 13.5. The summed E-state index contributed by atoms with van der Waals surface area (Å²) in [7, 11) is 0. The molecule has 0 bridgehead atoms. The van der Waals surface area contributed by atoms with Crippen LogP contribution in [-0.2, 0) is 0 Å². The summed E-state index contributed by atoms with van der Waals surface area (Å²) in [5, 5.41) is 4.25. The molecule has 110 valence electrons. The molecule has 0 saturated carbocycles. The summed E-state index contributed by atoms with van der Waals surface area (Å²) in [5.41, 5.74) is 1.02. The lowest BCUT2D eigenvalue weighted by atomic mass is 10.1. The second-order valence-corrected chi connectivity index (χ2v) is 5.89. The van der Waals surface area contributed by atoms with Crippen LogP contribution in [0, 0.1) is 0 Å². The summed E-state index contributed by atoms with van der Waals surface area (Å²) in [6, 6.07) is 5.44. The highest BCUT2D eigenvalue weighted by atomic mass is 79.9. The van der Waals surface area contributed by atoms with Crippen molar-refractivity contribution < 1.29 is 14.3 Å². The van der Waals surface area contributed by atoms with Crippen LogP contribution in [0.25, 0.3) is 0 Å². The predicted molar refractivity (Wildman–Crippen MR) is 81.2 cm³/mol. The van der Waals surface area contributed by atoms with Crippen LogP contribution < -0.4 is 9.47 Å². The first-order chi connectivity index (χ1) is 10.1. The van der Waals surface area contributed by atoms with Crippen LogP contribution in [0.4, 0.5) is 0 Å². The van der Waals surface area contributed by atoms with E-state index in [-0.39, 0.29) is 11.8 Å². The van der Waals surface area contributed by atoms with E-state index in [1.807, 2.05) is 13.8 Å². The van der Waals surface area contributed by atoms with E-state index in [2.05, 4.69) is 21.0 Å². The maximum Gasteiger partial charge on any atom is 0.216 e. The van der Waals surface area contributed by atoms with Gasteiger partial charge in [0.2, 0.25) is 5.78 Å². The van der Waals surface area contributed by atoms with E-state index in [1.165, 1.54) is 0 Å². The third kappa shape index (κ3) is 2.44. The molecule has 0 unspecified atom stereocenters. The third-order valence-corrected chi connectivity index (χ3v) is 3.85. The van der Waals surface area contributed by atoms with Crippen molar-refractivity contribution in [3.05, 3.63) is 40.1 Å². The number of carbonyl (C=O) groups excluding carboxylic acids is 1. The van der Waals surface area contributed by atoms with Gasteiger partial charge in [0.05, 0.1) is 16.2 Å². The summed E-state index contributed by atoms with van der Waals surface area (Å²) in [6.07, 6.45) is 1.64. The first kappa shape index (κ1) is 14.1. The predicted octanol–water partition coefficient (Wildman–Crippen LogP) is 3.23. The lowest BCUT2D eigenvalue weighted by molar-refractivity contribution is 0.101. The third-order valence-electron chi connectivity index (χ3n) is 3.27. The van der Waals surface area contributed by atoms with Crippen LogP contribution in [0.5, 0.6) is 11.5 Å². The maximum atomic E-state index is 12.9. The minimum absolute atomic E-state index is 0.0898. The van der Waals surface area contributed by atoms with Crippen LogP contribution in [0.3, 0.4) is 0 Å². The highest BCUT2D eigenvalue weighted by Gasteiger charge is 2.26. The SMILES string of the molecule is CC(C)n1ncc(Br)c1C(=O)c1cccc2c1OCCO2. The summed E-state index contributed by atoms with van der Waals surface area (Å²) in [5.74, 6) is 0.992. The standard InChI is InChI=1S/C15H15BrN2O3/c1-9(2)18-13(11(16)8-17-18)14(19)10-4-3-5-12-15(10)21-7-6-20-12/h3-5,8-9H,6-7H2,1-2H3. The molecule has 1 aromatic heterocycles. The van der Waals surface area contributed by atoms with Crippen molar-refractivity contribution >= 4 is 21.7 Å². The average molecular weight is 351 g/mol. The molecule has 0 fully saturated rings. The molecule has 2 aromatic rings. The summed E-state index contributed by atoms with van der Waals surface area (Å²) < 4.78 is 13.5. The molecule has 5 nitrogen and oxygen atoms in total. The number of carbonyl (C=O) groups is 1. The van der Waals surface area contributed by atoms with Crippen LogP contribution in [0.1, 0.15) is 35.9 Å². The van der Waals surface area contributed by atoms with Crippen molar-refractivity contribution in [2.45, 2.75) is 19.9 Å². The number of ether oxygens (including phenoxy) is 2. The highest BCUT2D eigenvalue weighted by Crippen LogP contribution is 2.36. The van der Waals surface area contributed by atoms with Gasteiger partial charge in [-0.1, -0.05) is 6.07 Å². The molecule has 21 heavy (non-hydrogen) atoms. The molecule has 0 N–H and O–H groups in total. The van der Waals surface area contributed by atoms with Gasteiger partial charge in [-0.15, -0.1) is 0 Å². The van der Waals surface area contributed by atoms with Crippen molar-refractivity contribution in [3.63, 3.8) is 0 Å². The summed E-state index contributed by atoms with van der Waals surface area (Å²) in [6.45, 7) is 4.91. The van der Waals surface area contributed by atoms with Crippen molar-refractivity contribution in [2.24, 2.45) is 0 Å². The Bertz CT molecular complexity index is 694. The smallest absolute Gasteiger partial charge is 0.216 e. The number of aromatic nitrogens is 2. The second kappa shape index (κ2) is 5.52. The van der Waals surface area contributed by atoms with Crippen LogP contribution >= 0.6 is 15.9 Å². The van der Waals surface area contributed by atoms with E-state index in [0.717, 1.165) is 0 Å². The Morgan fingerprint density at radius 1 is 1.33 bits per heavy atom. The zero-order valence-electron chi connectivity index (χ0n) is 11.8. The number of halogens is 1. The molecule has 1 aliphatic rings. The number of ketones is 1. The Hall–Kier alpha value is -1.82. The van der Waals surface area contributed by atoms with Gasteiger partial charge in [0.25, 0.3) is 0 Å². The molecular weight excluding hydrogens is 336 g/mol. The molecule has 3 rings (SSSR count). The largest absolute Gasteiger partial charge is 0.486 e. The van der Waals surface area contributed by atoms with Gasteiger partial charge < -0.3 is 9.47 Å². The molecule has 0 amide bonds. The van der Waals surface area contributed by atoms with Gasteiger partial charge in [-0.25, -0.2) is 0 Å². The molecular formula is C15H15BrN2O3. The zero-order valence-corrected chi connectivity index (χ0v) is 13.4. The monoisotopic (exact) mass is 350 g/mol. The Labute approximate surface area is 131 Å². The van der Waals surface area contributed by atoms with Crippen molar-refractivity contribution in [1.82, 2.24) is 9.78 Å². The first-order valence-corrected chi connectivity index (χ1v) is 7.55. The van der Waals surface area contributed by atoms with E-state index in [9.17, 15) is 4.79 Å². The molecule has 1 aromatic carbocycles. The van der Waals surface area contributed by atoms with E-state index in [1.54, 1.807) is 29.1 Å². The minimum Gasteiger partial charge on any atom is -0.486 e. The van der Waals surface area contributed by atoms with Gasteiger partial charge in [0.1, 0.15) is 18.9 Å². The molecule has 0 spiro atoms. The molecule has 0 atom stereocenters. The van der Waals surface area contributed by atoms with Gasteiger partial charge in [0, 0.05) is 6.04 Å². The van der Waals surface area contributed by atoms with E-state index >= 15 is 0 Å². The molecule has 0 radical (unpaired) electrons.